The first-order valence-electron chi connectivity index (χ1n) is 9.20. The molecule has 0 aliphatic carbocycles. The zero-order valence-corrected chi connectivity index (χ0v) is 16.3. The van der Waals surface area contributed by atoms with Gasteiger partial charge in [0, 0.05) is 32.4 Å². The molecule has 2 aromatic rings. The van der Waals surface area contributed by atoms with E-state index in [-0.39, 0.29) is 23.3 Å². The Hall–Kier alpha value is -3.18. The second kappa shape index (κ2) is 8.23. The second-order valence-corrected chi connectivity index (χ2v) is 6.72. The molecule has 146 valence electrons. The quantitative estimate of drug-likeness (QED) is 0.447. The van der Waals surface area contributed by atoms with Crippen molar-refractivity contribution in [3.05, 3.63) is 45.4 Å². The van der Waals surface area contributed by atoms with E-state index in [1.807, 2.05) is 31.0 Å². The van der Waals surface area contributed by atoms with Crippen LogP contribution < -0.4 is 10.5 Å². The Bertz CT molecular complexity index is 1030. The molecule has 0 unspecified atom stereocenters. The summed E-state index contributed by atoms with van der Waals surface area (Å²) < 4.78 is 6.38. The maximum Gasteiger partial charge on any atom is 0.348 e. The average Bonchev–Trinajstić information content (AvgIpc) is 2.68. The molecule has 0 saturated carbocycles. The lowest BCUT2D eigenvalue weighted by Gasteiger charge is -2.34. The number of pyridine rings is 1. The average molecular weight is 381 g/mol. The molecule has 0 aromatic carbocycles. The number of ether oxygens (including phenoxy) is 1. The Kier molecular flexibility index (Phi) is 5.76. The van der Waals surface area contributed by atoms with Crippen molar-refractivity contribution in [2.24, 2.45) is 0 Å². The van der Waals surface area contributed by atoms with E-state index in [4.69, 9.17) is 9.72 Å². The number of hydrogen-bond donors (Lipinski definition) is 0. The van der Waals surface area contributed by atoms with Crippen LogP contribution in [0.1, 0.15) is 18.1 Å². The molecule has 1 fully saturated rings. The first-order valence-corrected chi connectivity index (χ1v) is 9.20. The van der Waals surface area contributed by atoms with Crippen molar-refractivity contribution in [1.29, 1.82) is 5.26 Å². The number of likely N-dealkylation sites (N-methyl/N-ethyl adjacent to an activating group) is 1. The number of nitrogens with zero attached hydrogens (tertiary/aromatic N) is 5. The highest BCUT2D eigenvalue weighted by atomic mass is 16.5. The molecule has 8 nitrogen and oxygen atoms in total. The van der Waals surface area contributed by atoms with Gasteiger partial charge >= 0.3 is 5.97 Å². The molecular weight excluding hydrogens is 358 g/mol. The van der Waals surface area contributed by atoms with Crippen molar-refractivity contribution in [2.75, 3.05) is 44.7 Å². The van der Waals surface area contributed by atoms with Crippen LogP contribution in [0, 0.1) is 18.3 Å². The van der Waals surface area contributed by atoms with Crippen molar-refractivity contribution in [2.45, 2.75) is 13.8 Å². The summed E-state index contributed by atoms with van der Waals surface area (Å²) in [6.07, 6.45) is 2.94. The maximum absolute atomic E-state index is 13.2. The van der Waals surface area contributed by atoms with Crippen LogP contribution in [0.2, 0.25) is 0 Å². The van der Waals surface area contributed by atoms with Crippen molar-refractivity contribution in [3.63, 3.8) is 0 Å². The summed E-state index contributed by atoms with van der Waals surface area (Å²) in [4.78, 5) is 34.3. The Labute approximate surface area is 163 Å². The lowest BCUT2D eigenvalue weighted by Crippen LogP contribution is -2.45. The molecule has 0 N–H and O–H groups in total. The highest BCUT2D eigenvalue weighted by molar-refractivity contribution is 5.98. The molecule has 0 atom stereocenters. The third-order valence-corrected chi connectivity index (χ3v) is 4.77. The SMILES string of the molecule is CCOC(=O)/C(C#N)=C/c1c(N2CCN(C)CC2)nc2c(C)cccn2c1=O. The minimum atomic E-state index is -0.747. The fourth-order valence-corrected chi connectivity index (χ4v) is 3.18. The van der Waals surface area contributed by atoms with Crippen molar-refractivity contribution in [3.8, 4) is 6.07 Å². The Morgan fingerprint density at radius 2 is 2.07 bits per heavy atom. The summed E-state index contributed by atoms with van der Waals surface area (Å²) in [6, 6.07) is 5.50. The zero-order chi connectivity index (χ0) is 20.3. The van der Waals surface area contributed by atoms with E-state index in [1.54, 1.807) is 19.2 Å². The summed E-state index contributed by atoms with van der Waals surface area (Å²) in [5.74, 6) is -0.257. The molecule has 8 heteroatoms. The summed E-state index contributed by atoms with van der Waals surface area (Å²) >= 11 is 0. The normalized spacial score (nSPS) is 15.5. The number of nitriles is 1. The smallest absolute Gasteiger partial charge is 0.348 e. The second-order valence-electron chi connectivity index (χ2n) is 6.72. The van der Waals surface area contributed by atoms with Gasteiger partial charge in [-0.15, -0.1) is 0 Å². The summed E-state index contributed by atoms with van der Waals surface area (Å²) in [5.41, 5.74) is 1.12. The van der Waals surface area contributed by atoms with E-state index >= 15 is 0 Å². The number of rotatable bonds is 4. The fraction of sp³-hybridized carbons (Fsp3) is 0.400. The number of anilines is 1. The van der Waals surface area contributed by atoms with E-state index in [1.165, 1.54) is 10.5 Å². The van der Waals surface area contributed by atoms with E-state index < -0.39 is 5.97 Å². The third kappa shape index (κ3) is 3.75. The molecule has 0 radical (unpaired) electrons. The number of carbonyl (C=O) groups excluding carboxylic acids is 1. The predicted octanol–water partition coefficient (Wildman–Crippen LogP) is 1.22. The van der Waals surface area contributed by atoms with Gasteiger partial charge in [0.05, 0.1) is 12.2 Å². The van der Waals surface area contributed by atoms with E-state index in [2.05, 4.69) is 4.90 Å². The number of fused-ring (bicyclic) bond motifs is 1. The molecule has 3 rings (SSSR count). The first kappa shape index (κ1) is 19.6. The number of piperazine rings is 1. The van der Waals surface area contributed by atoms with E-state index in [9.17, 15) is 14.9 Å². The van der Waals surface area contributed by atoms with Crippen LogP contribution in [-0.2, 0) is 9.53 Å². The number of carbonyl (C=O) groups is 1. The minimum absolute atomic E-state index is 0.150. The Morgan fingerprint density at radius 3 is 2.71 bits per heavy atom. The number of esters is 1. The van der Waals surface area contributed by atoms with Crippen LogP contribution in [0.3, 0.4) is 0 Å². The standard InChI is InChI=1S/C20H23N5O3/c1-4-28-20(27)15(13-21)12-16-18(24-10-8-23(3)9-11-24)22-17-14(2)6-5-7-25(17)19(16)26/h5-7,12H,4,8-11H2,1-3H3/b15-12+. The summed E-state index contributed by atoms with van der Waals surface area (Å²) in [7, 11) is 2.04. The van der Waals surface area contributed by atoms with Crippen molar-refractivity contribution >= 4 is 23.5 Å². The van der Waals surface area contributed by atoms with Gasteiger partial charge < -0.3 is 14.5 Å². The number of aryl methyl sites for hydroxylation is 1. The minimum Gasteiger partial charge on any atom is -0.462 e. The highest BCUT2D eigenvalue weighted by Gasteiger charge is 2.23. The van der Waals surface area contributed by atoms with Crippen LogP contribution in [0.4, 0.5) is 5.82 Å². The molecule has 1 saturated heterocycles. The Balaban J connectivity index is 2.23. The summed E-state index contributed by atoms with van der Waals surface area (Å²) in [6.45, 7) is 6.78. The monoisotopic (exact) mass is 381 g/mol. The van der Waals surface area contributed by atoms with Crippen LogP contribution in [0.5, 0.6) is 0 Å². The maximum atomic E-state index is 13.2. The number of hydrogen-bond acceptors (Lipinski definition) is 7. The molecule has 2 aromatic heterocycles. The van der Waals surface area contributed by atoms with Gasteiger partial charge in [-0.1, -0.05) is 6.07 Å². The predicted molar refractivity (Wildman–Crippen MR) is 106 cm³/mol. The lowest BCUT2D eigenvalue weighted by atomic mass is 10.1. The number of aromatic nitrogens is 2. The van der Waals surface area contributed by atoms with Gasteiger partial charge in [0.2, 0.25) is 0 Å². The van der Waals surface area contributed by atoms with Crippen LogP contribution >= 0.6 is 0 Å². The van der Waals surface area contributed by atoms with Crippen molar-refractivity contribution < 1.29 is 9.53 Å². The van der Waals surface area contributed by atoms with Crippen molar-refractivity contribution in [1.82, 2.24) is 14.3 Å². The van der Waals surface area contributed by atoms with Gasteiger partial charge in [0.15, 0.2) is 0 Å². The van der Waals surface area contributed by atoms with Gasteiger partial charge in [-0.3, -0.25) is 9.20 Å². The molecule has 0 spiro atoms. The highest BCUT2D eigenvalue weighted by Crippen LogP contribution is 2.21. The molecule has 0 bridgehead atoms. The molecule has 1 aliphatic heterocycles. The van der Waals surface area contributed by atoms with Gasteiger partial charge in [0.25, 0.3) is 5.56 Å². The summed E-state index contributed by atoms with van der Waals surface area (Å²) in [5, 5.41) is 9.40. The molecule has 28 heavy (non-hydrogen) atoms. The molecule has 1 aliphatic rings. The van der Waals surface area contributed by atoms with Gasteiger partial charge in [-0.05, 0) is 38.6 Å². The van der Waals surface area contributed by atoms with Gasteiger partial charge in [-0.2, -0.15) is 5.26 Å². The van der Waals surface area contributed by atoms with E-state index in [0.717, 1.165) is 18.7 Å². The fourth-order valence-electron chi connectivity index (χ4n) is 3.18. The van der Waals surface area contributed by atoms with Crippen LogP contribution in [-0.4, -0.2) is 60.1 Å². The third-order valence-electron chi connectivity index (χ3n) is 4.77. The van der Waals surface area contributed by atoms with Crippen LogP contribution in [0.25, 0.3) is 11.7 Å². The van der Waals surface area contributed by atoms with E-state index in [0.29, 0.717) is 24.6 Å². The lowest BCUT2D eigenvalue weighted by molar-refractivity contribution is -0.137. The molecular formula is C20H23N5O3. The van der Waals surface area contributed by atoms with Crippen LogP contribution in [0.15, 0.2) is 28.7 Å². The molecule has 3 heterocycles. The first-order chi connectivity index (χ1) is 13.5. The molecule has 0 amide bonds. The van der Waals surface area contributed by atoms with Gasteiger partial charge in [-0.25, -0.2) is 9.78 Å². The Morgan fingerprint density at radius 1 is 1.36 bits per heavy atom. The largest absolute Gasteiger partial charge is 0.462 e. The van der Waals surface area contributed by atoms with Gasteiger partial charge in [0.1, 0.15) is 23.1 Å². The zero-order valence-electron chi connectivity index (χ0n) is 16.3. The topological polar surface area (TPSA) is 90.9 Å².